The van der Waals surface area contributed by atoms with E-state index in [0.717, 1.165) is 117 Å². The van der Waals surface area contributed by atoms with E-state index in [9.17, 15) is 0 Å². The Balaban J connectivity index is 0.00000455. The van der Waals surface area contributed by atoms with E-state index in [2.05, 4.69) is 174 Å². The zero-order chi connectivity index (χ0) is 38.2. The Morgan fingerprint density at radius 2 is 0.877 bits per heavy atom. The van der Waals surface area contributed by atoms with Crippen molar-refractivity contribution < 1.29 is 35.3 Å². The van der Waals surface area contributed by atoms with E-state index < -0.39 is 0 Å². The van der Waals surface area contributed by atoms with Crippen LogP contribution in [0.5, 0.6) is 0 Å². The second kappa shape index (κ2) is 16.1. The molecule has 0 fully saturated rings. The zero-order valence-electron chi connectivity index (χ0n) is 32.6. The third-order valence-electron chi connectivity index (χ3n) is 10.6. The maximum atomic E-state index is 5.78. The van der Waals surface area contributed by atoms with Gasteiger partial charge in [-0.15, -0.1) is 0 Å². The summed E-state index contributed by atoms with van der Waals surface area (Å²) in [6, 6.07) is 25.7. The molecule has 0 aliphatic carbocycles. The molecule has 0 saturated heterocycles. The molecule has 57 heavy (non-hydrogen) atoms. The molecule has 9 rings (SSSR count). The van der Waals surface area contributed by atoms with Crippen molar-refractivity contribution in [3.63, 3.8) is 0 Å². The number of hydrogen-bond acceptors (Lipinski definition) is 4. The van der Waals surface area contributed by atoms with Crippen LogP contribution in [0.1, 0.15) is 50.5 Å². The molecule has 4 aromatic rings. The summed E-state index contributed by atoms with van der Waals surface area (Å²) >= 11 is 0. The standard InChI is InChI=1S/C48H44N8.Mn/c1-5-53-25-13-9-17-40(53)38-31-37-30-35-22-21-33(49-35)29-34-23-24-36(50-34)32-39-44(41-18-10-14-26-54(41)6-2)45(42-19-11-15-27-55(42)7-3)48(52-39)46(47(38)51-37)43-20-12-16-28-56(43)8-4;/h9-32H,5-8H2,1-4H3;/q+4;. The van der Waals surface area contributed by atoms with E-state index >= 15 is 0 Å². The van der Waals surface area contributed by atoms with E-state index in [1.165, 1.54) is 0 Å². The number of nitrogens with zero attached hydrogens (tertiary/aromatic N) is 8. The Hall–Kier alpha value is -6.28. The predicted octanol–water partition coefficient (Wildman–Crippen LogP) is 6.92. The van der Waals surface area contributed by atoms with Gasteiger partial charge in [-0.05, 0) is 101 Å². The van der Waals surface area contributed by atoms with Crippen molar-refractivity contribution in [3.8, 4) is 0 Å². The minimum atomic E-state index is 0. The van der Waals surface area contributed by atoms with Gasteiger partial charge in [0.05, 0.1) is 67.9 Å². The quantitative estimate of drug-likeness (QED) is 0.138. The van der Waals surface area contributed by atoms with Crippen LogP contribution in [-0.2, 0) is 43.2 Å². The van der Waals surface area contributed by atoms with Gasteiger partial charge in [-0.2, -0.15) is 18.3 Å². The molecule has 0 amide bonds. The SMILES string of the molecule is CC[n+]1ccccc1C1=CC2=CC3=NC(=CC4=NC(=CC5=NC(=C(c6cccc[n+]6CC)C1=N2)C(c1cccc[n+]1CC)=C5c1cccc[n+]1CC)C=C4)C=C3.[Mn]. The van der Waals surface area contributed by atoms with Crippen LogP contribution >= 0.6 is 0 Å². The van der Waals surface area contributed by atoms with E-state index in [-0.39, 0.29) is 17.1 Å². The van der Waals surface area contributed by atoms with Crippen LogP contribution in [0.4, 0.5) is 0 Å². The fourth-order valence-electron chi connectivity index (χ4n) is 8.01. The van der Waals surface area contributed by atoms with E-state index in [1.54, 1.807) is 0 Å². The van der Waals surface area contributed by atoms with Crippen LogP contribution in [0.2, 0.25) is 0 Å². The number of allylic oxidation sites excluding steroid dienone is 12. The zero-order valence-corrected chi connectivity index (χ0v) is 33.8. The van der Waals surface area contributed by atoms with Gasteiger partial charge in [-0.25, -0.2) is 20.0 Å². The summed E-state index contributed by atoms with van der Waals surface area (Å²) < 4.78 is 9.21. The van der Waals surface area contributed by atoms with Gasteiger partial charge < -0.3 is 0 Å². The minimum absolute atomic E-state index is 0. The first kappa shape index (κ1) is 37.6. The van der Waals surface area contributed by atoms with Crippen LogP contribution in [0.15, 0.2) is 189 Å². The maximum absolute atomic E-state index is 5.78. The van der Waals surface area contributed by atoms with Gasteiger partial charge in [0.1, 0.15) is 26.2 Å². The van der Waals surface area contributed by atoms with Crippen LogP contribution in [-0.4, -0.2) is 22.8 Å². The number of rotatable bonds is 8. The summed E-state index contributed by atoms with van der Waals surface area (Å²) in [5, 5.41) is 0. The molecule has 0 spiro atoms. The largest absolute Gasteiger partial charge is 0.249 e. The van der Waals surface area contributed by atoms with Gasteiger partial charge in [0.25, 0.3) is 0 Å². The van der Waals surface area contributed by atoms with E-state index in [4.69, 9.17) is 20.0 Å². The Labute approximate surface area is 344 Å². The summed E-state index contributed by atoms with van der Waals surface area (Å²) in [5.41, 5.74) is 15.2. The second-order valence-corrected chi connectivity index (χ2v) is 13.9. The van der Waals surface area contributed by atoms with Crippen molar-refractivity contribution in [1.29, 1.82) is 0 Å². The van der Waals surface area contributed by atoms with Crippen molar-refractivity contribution in [3.05, 3.63) is 192 Å². The maximum Gasteiger partial charge on any atom is 0.216 e. The van der Waals surface area contributed by atoms with Gasteiger partial charge >= 0.3 is 0 Å². The molecular formula is C48H44MnN8+4. The van der Waals surface area contributed by atoms with Crippen LogP contribution < -0.4 is 18.3 Å². The topological polar surface area (TPSA) is 65.0 Å². The van der Waals surface area contributed by atoms with Gasteiger partial charge in [-0.1, -0.05) is 0 Å². The Kier molecular flexibility index (Phi) is 10.6. The summed E-state index contributed by atoms with van der Waals surface area (Å²) in [7, 11) is 0. The number of aromatic nitrogens is 4. The molecule has 5 aliphatic heterocycles. The first-order chi connectivity index (χ1) is 27.6. The molecule has 0 saturated carbocycles. The number of hydrogen-bond donors (Lipinski definition) is 0. The van der Waals surface area contributed by atoms with Gasteiger partial charge in [0.2, 0.25) is 22.8 Å². The first-order valence-corrected chi connectivity index (χ1v) is 19.6. The molecule has 1 radical (unpaired) electrons. The average Bonchev–Trinajstić information content (AvgIpc) is 4.05. The van der Waals surface area contributed by atoms with Crippen molar-refractivity contribution in [2.75, 3.05) is 0 Å². The molecule has 9 heterocycles. The molecule has 5 aliphatic rings. The Morgan fingerprint density at radius 3 is 1.42 bits per heavy atom. The minimum Gasteiger partial charge on any atom is -0.249 e. The van der Waals surface area contributed by atoms with Gasteiger partial charge in [0.15, 0.2) is 24.8 Å². The molecule has 8 bridgehead atoms. The van der Waals surface area contributed by atoms with Crippen molar-refractivity contribution in [1.82, 2.24) is 0 Å². The predicted molar refractivity (Wildman–Crippen MR) is 223 cm³/mol. The Bertz CT molecular complexity index is 2730. The molecule has 0 atom stereocenters. The molecule has 0 N–H and O–H groups in total. The molecule has 4 aromatic heterocycles. The monoisotopic (exact) mass is 787 g/mol. The molecular weight excluding hydrogens is 744 g/mol. The van der Waals surface area contributed by atoms with Crippen LogP contribution in [0, 0.1) is 0 Å². The van der Waals surface area contributed by atoms with Crippen LogP contribution in [0.3, 0.4) is 0 Å². The number of aliphatic imine (C=N–C) groups is 4. The summed E-state index contributed by atoms with van der Waals surface area (Å²) in [6.07, 6.45) is 25.3. The normalized spacial score (nSPS) is 16.8. The van der Waals surface area contributed by atoms with Crippen molar-refractivity contribution in [2.24, 2.45) is 20.0 Å². The smallest absolute Gasteiger partial charge is 0.216 e. The summed E-state index contributed by atoms with van der Waals surface area (Å²) in [5.74, 6) is 0. The van der Waals surface area contributed by atoms with Crippen LogP contribution in [0.25, 0.3) is 22.3 Å². The number of aryl methyl sites for hydroxylation is 4. The summed E-state index contributed by atoms with van der Waals surface area (Å²) in [6.45, 7) is 11.9. The van der Waals surface area contributed by atoms with E-state index in [1.807, 2.05) is 18.2 Å². The third-order valence-corrected chi connectivity index (χ3v) is 10.6. The third kappa shape index (κ3) is 6.94. The van der Waals surface area contributed by atoms with Gasteiger partial charge in [-0.3, -0.25) is 0 Å². The fraction of sp³-hybridized carbons (Fsp3) is 0.167. The number of fused-ring (bicyclic) bond motifs is 4. The molecule has 8 nitrogen and oxygen atoms in total. The molecule has 9 heteroatoms. The molecule has 279 valence electrons. The molecule has 0 aromatic carbocycles. The average molecular weight is 788 g/mol. The second-order valence-electron chi connectivity index (χ2n) is 13.9. The van der Waals surface area contributed by atoms with Crippen molar-refractivity contribution >= 4 is 45.1 Å². The van der Waals surface area contributed by atoms with E-state index in [0.29, 0.717) is 0 Å². The fourth-order valence-corrected chi connectivity index (χ4v) is 8.01. The van der Waals surface area contributed by atoms with Gasteiger partial charge in [0, 0.05) is 65.6 Å². The van der Waals surface area contributed by atoms with Crippen molar-refractivity contribution in [2.45, 2.75) is 53.9 Å². The first-order valence-electron chi connectivity index (χ1n) is 19.6. The molecule has 0 unspecified atom stereocenters. The number of pyridine rings is 4. The summed E-state index contributed by atoms with van der Waals surface area (Å²) in [4.78, 5) is 21.4. The Morgan fingerprint density at radius 1 is 0.421 bits per heavy atom.